The van der Waals surface area contributed by atoms with Crippen LogP contribution in [-0.2, 0) is 6.54 Å². The van der Waals surface area contributed by atoms with E-state index in [1.807, 2.05) is 24.3 Å². The van der Waals surface area contributed by atoms with E-state index < -0.39 is 0 Å². The Morgan fingerprint density at radius 2 is 2.08 bits per heavy atom. The summed E-state index contributed by atoms with van der Waals surface area (Å²) in [5, 5.41) is 1.08. The van der Waals surface area contributed by atoms with E-state index >= 15 is 0 Å². The number of rotatable bonds is 1. The van der Waals surface area contributed by atoms with Crippen LogP contribution in [0.1, 0.15) is 5.56 Å². The molecule has 0 atom stereocenters. The van der Waals surface area contributed by atoms with Crippen molar-refractivity contribution in [2.24, 2.45) is 5.73 Å². The molecule has 0 spiro atoms. The first-order valence-electron chi connectivity index (χ1n) is 4.14. The third-order valence-corrected chi connectivity index (χ3v) is 2.00. The quantitative estimate of drug-likeness (QED) is 0.638. The molecule has 0 aliphatic heterocycles. The first-order valence-corrected chi connectivity index (χ1v) is 4.14. The summed E-state index contributed by atoms with van der Waals surface area (Å²) in [5.74, 6) is 0. The maximum Gasteiger partial charge on any atom is 0.0722 e. The highest BCUT2D eigenvalue weighted by Gasteiger charge is 1.96. The molecule has 1 aromatic heterocycles. The van der Waals surface area contributed by atoms with Crippen LogP contribution in [0.5, 0.6) is 0 Å². The Morgan fingerprint density at radius 3 is 2.85 bits per heavy atom. The molecule has 0 radical (unpaired) electrons. The summed E-state index contributed by atoms with van der Waals surface area (Å²) in [5.41, 5.74) is 13.8. The maximum absolute atomic E-state index is 5.63. The van der Waals surface area contributed by atoms with E-state index in [-0.39, 0.29) is 0 Å². The van der Waals surface area contributed by atoms with Crippen LogP contribution in [0.4, 0.5) is 5.69 Å². The Balaban J connectivity index is 2.66. The molecule has 2 rings (SSSR count). The third-order valence-electron chi connectivity index (χ3n) is 2.00. The van der Waals surface area contributed by atoms with Crippen molar-refractivity contribution in [1.29, 1.82) is 0 Å². The summed E-state index contributed by atoms with van der Waals surface area (Å²) in [6.45, 7) is 0.521. The molecule has 0 saturated heterocycles. The molecule has 0 fully saturated rings. The molecule has 0 amide bonds. The molecule has 0 bridgehead atoms. The molecule has 0 saturated carbocycles. The monoisotopic (exact) mass is 173 g/mol. The highest BCUT2D eigenvalue weighted by Crippen LogP contribution is 2.15. The largest absolute Gasteiger partial charge is 0.399 e. The van der Waals surface area contributed by atoms with Gasteiger partial charge in [-0.1, -0.05) is 6.07 Å². The molecule has 2 aromatic rings. The van der Waals surface area contributed by atoms with Gasteiger partial charge >= 0.3 is 0 Å². The van der Waals surface area contributed by atoms with Crippen molar-refractivity contribution in [3.63, 3.8) is 0 Å². The lowest BCUT2D eigenvalue weighted by Crippen LogP contribution is -1.97. The van der Waals surface area contributed by atoms with Gasteiger partial charge in [-0.15, -0.1) is 0 Å². The smallest absolute Gasteiger partial charge is 0.0722 e. The van der Waals surface area contributed by atoms with E-state index in [0.29, 0.717) is 6.54 Å². The van der Waals surface area contributed by atoms with Crippen LogP contribution in [0.3, 0.4) is 0 Å². The van der Waals surface area contributed by atoms with E-state index in [9.17, 15) is 0 Å². The van der Waals surface area contributed by atoms with E-state index in [1.165, 1.54) is 0 Å². The molecule has 0 aliphatic rings. The van der Waals surface area contributed by atoms with Crippen LogP contribution in [0, 0.1) is 0 Å². The SMILES string of the molecule is NCc1cnc2cc(N)ccc2c1. The predicted octanol–water partition coefficient (Wildman–Crippen LogP) is 1.28. The predicted molar refractivity (Wildman–Crippen MR) is 54.0 cm³/mol. The average molecular weight is 173 g/mol. The summed E-state index contributed by atoms with van der Waals surface area (Å²) < 4.78 is 0. The van der Waals surface area contributed by atoms with Gasteiger partial charge in [0, 0.05) is 23.8 Å². The van der Waals surface area contributed by atoms with Crippen LogP contribution in [0.2, 0.25) is 0 Å². The van der Waals surface area contributed by atoms with Gasteiger partial charge < -0.3 is 11.5 Å². The van der Waals surface area contributed by atoms with Crippen molar-refractivity contribution in [2.75, 3.05) is 5.73 Å². The van der Waals surface area contributed by atoms with Gasteiger partial charge in [-0.05, 0) is 23.8 Å². The fourth-order valence-electron chi connectivity index (χ4n) is 1.30. The summed E-state index contributed by atoms with van der Waals surface area (Å²) in [6, 6.07) is 7.71. The molecule has 3 nitrogen and oxygen atoms in total. The number of pyridine rings is 1. The lowest BCUT2D eigenvalue weighted by Gasteiger charge is -2.00. The van der Waals surface area contributed by atoms with Gasteiger partial charge in [0.2, 0.25) is 0 Å². The summed E-state index contributed by atoms with van der Waals surface area (Å²) in [7, 11) is 0. The van der Waals surface area contributed by atoms with Crippen LogP contribution in [-0.4, -0.2) is 4.98 Å². The summed E-state index contributed by atoms with van der Waals surface area (Å²) >= 11 is 0. The van der Waals surface area contributed by atoms with Crippen LogP contribution >= 0.6 is 0 Å². The minimum Gasteiger partial charge on any atom is -0.399 e. The molecule has 1 heterocycles. The van der Waals surface area contributed by atoms with Crippen molar-refractivity contribution in [2.45, 2.75) is 6.54 Å². The number of anilines is 1. The maximum atomic E-state index is 5.63. The van der Waals surface area contributed by atoms with Crippen LogP contribution in [0.25, 0.3) is 10.9 Å². The zero-order chi connectivity index (χ0) is 9.26. The molecule has 3 heteroatoms. The normalized spacial score (nSPS) is 10.5. The Kier molecular flexibility index (Phi) is 1.87. The minimum absolute atomic E-state index is 0.521. The summed E-state index contributed by atoms with van der Waals surface area (Å²) in [6.07, 6.45) is 1.78. The van der Waals surface area contributed by atoms with Crippen LogP contribution < -0.4 is 11.5 Å². The number of fused-ring (bicyclic) bond motifs is 1. The molecule has 4 N–H and O–H groups in total. The second kappa shape index (κ2) is 3.03. The van der Waals surface area contributed by atoms with E-state index in [0.717, 1.165) is 22.2 Å². The molecular formula is C10H11N3. The Morgan fingerprint density at radius 1 is 1.23 bits per heavy atom. The number of benzene rings is 1. The molecule has 0 unspecified atom stereocenters. The Bertz CT molecular complexity index is 437. The number of nitrogen functional groups attached to an aromatic ring is 1. The lowest BCUT2D eigenvalue weighted by atomic mass is 10.1. The summed E-state index contributed by atoms with van der Waals surface area (Å²) in [4.78, 5) is 4.25. The Labute approximate surface area is 76.4 Å². The van der Waals surface area contributed by atoms with Gasteiger partial charge in [0.15, 0.2) is 0 Å². The van der Waals surface area contributed by atoms with Gasteiger partial charge in [-0.3, -0.25) is 4.98 Å². The highest BCUT2D eigenvalue weighted by molar-refractivity contribution is 5.82. The topological polar surface area (TPSA) is 64.9 Å². The number of aromatic nitrogens is 1. The molecular weight excluding hydrogens is 162 g/mol. The van der Waals surface area contributed by atoms with Gasteiger partial charge in [0.25, 0.3) is 0 Å². The zero-order valence-corrected chi connectivity index (χ0v) is 7.20. The van der Waals surface area contributed by atoms with Gasteiger partial charge in [-0.2, -0.15) is 0 Å². The van der Waals surface area contributed by atoms with Crippen LogP contribution in [0.15, 0.2) is 30.5 Å². The fourth-order valence-corrected chi connectivity index (χ4v) is 1.30. The highest BCUT2D eigenvalue weighted by atomic mass is 14.7. The van der Waals surface area contributed by atoms with Crippen molar-refractivity contribution >= 4 is 16.6 Å². The second-order valence-electron chi connectivity index (χ2n) is 3.00. The van der Waals surface area contributed by atoms with E-state index in [4.69, 9.17) is 11.5 Å². The van der Waals surface area contributed by atoms with Gasteiger partial charge in [-0.25, -0.2) is 0 Å². The first-order chi connectivity index (χ1) is 6.29. The van der Waals surface area contributed by atoms with Crippen molar-refractivity contribution < 1.29 is 0 Å². The van der Waals surface area contributed by atoms with E-state index in [1.54, 1.807) is 6.20 Å². The molecule has 13 heavy (non-hydrogen) atoms. The first kappa shape index (κ1) is 8.01. The van der Waals surface area contributed by atoms with E-state index in [2.05, 4.69) is 4.98 Å². The zero-order valence-electron chi connectivity index (χ0n) is 7.20. The average Bonchev–Trinajstić information content (AvgIpc) is 2.17. The second-order valence-corrected chi connectivity index (χ2v) is 3.00. The lowest BCUT2D eigenvalue weighted by molar-refractivity contribution is 1.06. The third kappa shape index (κ3) is 1.46. The molecule has 1 aromatic carbocycles. The van der Waals surface area contributed by atoms with Crippen molar-refractivity contribution in [3.05, 3.63) is 36.0 Å². The molecule has 0 aliphatic carbocycles. The fraction of sp³-hybridized carbons (Fsp3) is 0.100. The number of hydrogen-bond donors (Lipinski definition) is 2. The Hall–Kier alpha value is -1.61. The standard InChI is InChI=1S/C10H11N3/c11-5-7-3-8-1-2-9(12)4-10(8)13-6-7/h1-4,6H,5,11-12H2. The number of nitrogens with two attached hydrogens (primary N) is 2. The van der Waals surface area contributed by atoms with Crippen molar-refractivity contribution in [1.82, 2.24) is 4.98 Å². The van der Waals surface area contributed by atoms with Gasteiger partial charge in [0.05, 0.1) is 5.52 Å². The number of hydrogen-bond acceptors (Lipinski definition) is 3. The van der Waals surface area contributed by atoms with Crippen molar-refractivity contribution in [3.8, 4) is 0 Å². The van der Waals surface area contributed by atoms with Gasteiger partial charge in [0.1, 0.15) is 0 Å². The molecule has 66 valence electrons. The minimum atomic E-state index is 0.521. The number of nitrogens with zero attached hydrogens (tertiary/aromatic N) is 1.